The van der Waals surface area contributed by atoms with Crippen molar-refractivity contribution in [1.82, 2.24) is 20.1 Å². The molecule has 0 saturated carbocycles. The summed E-state index contributed by atoms with van der Waals surface area (Å²) < 4.78 is 1.94. The molecule has 1 heterocycles. The van der Waals surface area contributed by atoms with Gasteiger partial charge in [-0.3, -0.25) is 4.79 Å². The quantitative estimate of drug-likeness (QED) is 0.630. The molecule has 0 aliphatic heterocycles. The second kappa shape index (κ2) is 7.79. The van der Waals surface area contributed by atoms with Gasteiger partial charge in [0.15, 0.2) is 5.16 Å². The fourth-order valence-corrected chi connectivity index (χ4v) is 2.85. The molecule has 1 unspecified atom stereocenters. The summed E-state index contributed by atoms with van der Waals surface area (Å²) in [5.74, 6) is 1.11. The van der Waals surface area contributed by atoms with Crippen molar-refractivity contribution in [3.8, 4) is 0 Å². The Morgan fingerprint density at radius 3 is 2.82 bits per heavy atom. The van der Waals surface area contributed by atoms with Gasteiger partial charge in [0.05, 0.1) is 11.8 Å². The summed E-state index contributed by atoms with van der Waals surface area (Å²) in [7, 11) is 0. The Morgan fingerprint density at radius 1 is 1.41 bits per heavy atom. The SMILES string of the molecule is C=CCn1c(C)nnc1SCC(=O)NC(C)c1ccccc1. The van der Waals surface area contributed by atoms with Crippen molar-refractivity contribution in [2.75, 3.05) is 5.75 Å². The number of aryl methyl sites for hydroxylation is 1. The van der Waals surface area contributed by atoms with Gasteiger partial charge in [0, 0.05) is 6.54 Å². The summed E-state index contributed by atoms with van der Waals surface area (Å²) in [6.07, 6.45) is 1.79. The van der Waals surface area contributed by atoms with Gasteiger partial charge in [0.2, 0.25) is 5.91 Å². The first-order valence-electron chi connectivity index (χ1n) is 7.09. The maximum Gasteiger partial charge on any atom is 0.230 e. The molecule has 22 heavy (non-hydrogen) atoms. The fraction of sp³-hybridized carbons (Fsp3) is 0.312. The number of carbonyl (C=O) groups excluding carboxylic acids is 1. The lowest BCUT2D eigenvalue weighted by molar-refractivity contribution is -0.119. The van der Waals surface area contributed by atoms with Gasteiger partial charge in [-0.15, -0.1) is 16.8 Å². The van der Waals surface area contributed by atoms with Gasteiger partial charge in [-0.05, 0) is 19.4 Å². The van der Waals surface area contributed by atoms with Gasteiger partial charge in [0.25, 0.3) is 0 Å². The molecule has 1 amide bonds. The van der Waals surface area contributed by atoms with Crippen molar-refractivity contribution in [2.24, 2.45) is 0 Å². The van der Waals surface area contributed by atoms with E-state index in [1.807, 2.05) is 48.7 Å². The molecule has 0 aliphatic carbocycles. The molecule has 0 bridgehead atoms. The lowest BCUT2D eigenvalue weighted by Gasteiger charge is -2.14. The minimum absolute atomic E-state index is 0.0120. The maximum atomic E-state index is 12.1. The molecule has 0 radical (unpaired) electrons. The molecule has 0 spiro atoms. The number of thioether (sulfide) groups is 1. The van der Waals surface area contributed by atoms with Gasteiger partial charge in [-0.2, -0.15) is 0 Å². The second-order valence-corrected chi connectivity index (χ2v) is 5.86. The van der Waals surface area contributed by atoms with Gasteiger partial charge >= 0.3 is 0 Å². The van der Waals surface area contributed by atoms with Crippen molar-refractivity contribution >= 4 is 17.7 Å². The smallest absolute Gasteiger partial charge is 0.230 e. The molecule has 2 aromatic rings. The number of hydrogen-bond acceptors (Lipinski definition) is 4. The third-order valence-electron chi connectivity index (χ3n) is 3.22. The minimum atomic E-state index is -0.0211. The predicted octanol–water partition coefficient (Wildman–Crippen LogP) is 2.74. The number of amides is 1. The van der Waals surface area contributed by atoms with E-state index in [0.717, 1.165) is 16.5 Å². The molecule has 0 fully saturated rings. The summed E-state index contributed by atoms with van der Waals surface area (Å²) in [4.78, 5) is 12.1. The van der Waals surface area contributed by atoms with Crippen LogP contribution in [-0.2, 0) is 11.3 Å². The highest BCUT2D eigenvalue weighted by Gasteiger charge is 2.13. The molecule has 0 saturated heterocycles. The molecule has 116 valence electrons. The minimum Gasteiger partial charge on any atom is -0.349 e. The Labute approximate surface area is 134 Å². The first-order chi connectivity index (χ1) is 10.6. The van der Waals surface area contributed by atoms with Crippen LogP contribution in [0.5, 0.6) is 0 Å². The van der Waals surface area contributed by atoms with Crippen LogP contribution in [0.4, 0.5) is 0 Å². The maximum absolute atomic E-state index is 12.1. The van der Waals surface area contributed by atoms with Crippen molar-refractivity contribution in [1.29, 1.82) is 0 Å². The van der Waals surface area contributed by atoms with E-state index in [1.165, 1.54) is 11.8 Å². The Morgan fingerprint density at radius 2 is 2.14 bits per heavy atom. The molecule has 1 aromatic carbocycles. The second-order valence-electron chi connectivity index (χ2n) is 4.92. The lowest BCUT2D eigenvalue weighted by Crippen LogP contribution is -2.28. The van der Waals surface area contributed by atoms with Crippen LogP contribution in [0.15, 0.2) is 48.1 Å². The highest BCUT2D eigenvalue weighted by atomic mass is 32.2. The number of benzene rings is 1. The molecule has 1 atom stereocenters. The summed E-state index contributed by atoms with van der Waals surface area (Å²) in [5.41, 5.74) is 1.09. The van der Waals surface area contributed by atoms with Gasteiger partial charge in [-0.25, -0.2) is 0 Å². The third-order valence-corrected chi connectivity index (χ3v) is 4.19. The van der Waals surface area contributed by atoms with Crippen molar-refractivity contribution in [2.45, 2.75) is 31.6 Å². The van der Waals surface area contributed by atoms with Crippen LogP contribution in [-0.4, -0.2) is 26.4 Å². The van der Waals surface area contributed by atoms with Crippen molar-refractivity contribution < 1.29 is 4.79 Å². The lowest BCUT2D eigenvalue weighted by atomic mass is 10.1. The largest absolute Gasteiger partial charge is 0.349 e. The Bertz CT molecular complexity index is 639. The van der Waals surface area contributed by atoms with Crippen molar-refractivity contribution in [3.63, 3.8) is 0 Å². The molecule has 0 aliphatic rings. The van der Waals surface area contributed by atoms with Crippen LogP contribution in [0.25, 0.3) is 0 Å². The van der Waals surface area contributed by atoms with E-state index in [9.17, 15) is 4.79 Å². The average molecular weight is 316 g/mol. The molecular formula is C16H20N4OS. The zero-order chi connectivity index (χ0) is 15.9. The monoisotopic (exact) mass is 316 g/mol. The molecule has 6 heteroatoms. The van der Waals surface area contributed by atoms with Crippen LogP contribution in [0.3, 0.4) is 0 Å². The summed E-state index contributed by atoms with van der Waals surface area (Å²) >= 11 is 1.38. The topological polar surface area (TPSA) is 59.8 Å². The van der Waals surface area contributed by atoms with Crippen LogP contribution in [0.2, 0.25) is 0 Å². The van der Waals surface area contributed by atoms with Gasteiger partial charge in [0.1, 0.15) is 5.82 Å². The first kappa shape index (κ1) is 16.3. The Hall–Kier alpha value is -2.08. The molecular weight excluding hydrogens is 296 g/mol. The number of nitrogens with one attached hydrogen (secondary N) is 1. The van der Waals surface area contributed by atoms with Crippen LogP contribution >= 0.6 is 11.8 Å². The summed E-state index contributed by atoms with van der Waals surface area (Å²) in [6, 6.07) is 9.88. The normalized spacial score (nSPS) is 11.9. The van der Waals surface area contributed by atoms with Crippen LogP contribution in [0.1, 0.15) is 24.4 Å². The Balaban J connectivity index is 1.89. The number of aromatic nitrogens is 3. The number of allylic oxidation sites excluding steroid dienone is 1. The highest BCUT2D eigenvalue weighted by molar-refractivity contribution is 7.99. The highest BCUT2D eigenvalue weighted by Crippen LogP contribution is 2.17. The molecule has 1 N–H and O–H groups in total. The molecule has 2 rings (SSSR count). The molecule has 5 nitrogen and oxygen atoms in total. The summed E-state index contributed by atoms with van der Waals surface area (Å²) in [5, 5.41) is 11.8. The van der Waals surface area contributed by atoms with Gasteiger partial charge in [-0.1, -0.05) is 48.2 Å². The standard InChI is InChI=1S/C16H20N4OS/c1-4-10-20-13(3)18-19-16(20)22-11-15(21)17-12(2)14-8-6-5-7-9-14/h4-9,12H,1,10-11H2,2-3H3,(H,17,21). The average Bonchev–Trinajstić information content (AvgIpc) is 2.87. The zero-order valence-electron chi connectivity index (χ0n) is 12.8. The van der Waals surface area contributed by atoms with E-state index in [2.05, 4.69) is 22.1 Å². The van der Waals surface area contributed by atoms with E-state index in [4.69, 9.17) is 0 Å². The van der Waals surface area contributed by atoms with Crippen LogP contribution < -0.4 is 5.32 Å². The third kappa shape index (κ3) is 4.21. The number of nitrogens with zero attached hydrogens (tertiary/aromatic N) is 3. The van der Waals surface area contributed by atoms with Crippen molar-refractivity contribution in [3.05, 3.63) is 54.4 Å². The number of carbonyl (C=O) groups is 1. The van der Waals surface area contributed by atoms with Crippen LogP contribution in [0, 0.1) is 6.92 Å². The van der Waals surface area contributed by atoms with E-state index in [1.54, 1.807) is 6.08 Å². The zero-order valence-corrected chi connectivity index (χ0v) is 13.6. The van der Waals surface area contributed by atoms with E-state index >= 15 is 0 Å². The summed E-state index contributed by atoms with van der Waals surface area (Å²) in [6.45, 7) is 8.22. The fourth-order valence-electron chi connectivity index (χ4n) is 2.05. The van der Waals surface area contributed by atoms with E-state index < -0.39 is 0 Å². The number of rotatable bonds is 7. The van der Waals surface area contributed by atoms with Gasteiger partial charge < -0.3 is 9.88 Å². The van der Waals surface area contributed by atoms with E-state index in [0.29, 0.717) is 12.3 Å². The molecule has 1 aromatic heterocycles. The first-order valence-corrected chi connectivity index (χ1v) is 8.08. The van der Waals surface area contributed by atoms with E-state index in [-0.39, 0.29) is 11.9 Å². The predicted molar refractivity (Wildman–Crippen MR) is 88.7 cm³/mol. The number of hydrogen-bond donors (Lipinski definition) is 1. The Kier molecular flexibility index (Phi) is 5.77.